The van der Waals surface area contributed by atoms with Gasteiger partial charge in [0.2, 0.25) is 0 Å². The molecule has 0 fully saturated rings. The van der Waals surface area contributed by atoms with Crippen LogP contribution in [0.3, 0.4) is 0 Å². The van der Waals surface area contributed by atoms with Crippen molar-refractivity contribution < 1.29 is 19.1 Å². The van der Waals surface area contributed by atoms with Crippen molar-refractivity contribution in [3.63, 3.8) is 0 Å². The molecule has 1 atom stereocenters. The van der Waals surface area contributed by atoms with Gasteiger partial charge in [-0.15, -0.1) is 0 Å². The highest BCUT2D eigenvalue weighted by Gasteiger charge is 2.18. The number of ether oxygens (including phenoxy) is 2. The smallest absolute Gasteiger partial charge is 0.306 e. The lowest BCUT2D eigenvalue weighted by atomic mass is 9.98. The molecule has 0 N–H and O–H groups in total. The fourth-order valence-electron chi connectivity index (χ4n) is 5.18. The molecule has 0 rings (SSSR count). The maximum atomic E-state index is 12.2. The van der Waals surface area contributed by atoms with Crippen LogP contribution in [0.15, 0.2) is 5.16 Å². The van der Waals surface area contributed by atoms with E-state index in [1.54, 1.807) is 0 Å². The summed E-state index contributed by atoms with van der Waals surface area (Å²) in [5, 5.41) is 4.09. The number of unbranched alkanes of at least 4 members (excludes halogenated alkanes) is 16. The highest BCUT2D eigenvalue weighted by molar-refractivity contribution is 5.69. The number of carbonyl (C=O) groups is 1. The first-order valence-corrected chi connectivity index (χ1v) is 17.9. The van der Waals surface area contributed by atoms with Gasteiger partial charge in [0, 0.05) is 19.2 Å². The Kier molecular flexibility index (Phi) is 29.5. The Morgan fingerprint density at radius 2 is 1.20 bits per heavy atom. The number of carbonyl (C=O) groups excluding carboxylic acids is 1. The zero-order chi connectivity index (χ0) is 30.3. The summed E-state index contributed by atoms with van der Waals surface area (Å²) < 4.78 is 12.0. The molecule has 0 saturated carbocycles. The van der Waals surface area contributed by atoms with Crippen LogP contribution < -0.4 is 0 Å². The van der Waals surface area contributed by atoms with Gasteiger partial charge < -0.3 is 14.3 Å². The highest BCUT2D eigenvalue weighted by atomic mass is 16.6. The van der Waals surface area contributed by atoms with Crippen LogP contribution in [0, 0.1) is 0 Å². The molecule has 0 aliphatic carbocycles. The van der Waals surface area contributed by atoms with Crippen LogP contribution in [-0.2, 0) is 19.1 Å². The fraction of sp³-hybridized carbons (Fsp3) is 0.944. The summed E-state index contributed by atoms with van der Waals surface area (Å²) in [7, 11) is 0. The number of rotatable bonds is 32. The van der Waals surface area contributed by atoms with Gasteiger partial charge in [-0.3, -0.25) is 4.79 Å². The number of oxime groups is 1. The maximum Gasteiger partial charge on any atom is 0.306 e. The van der Waals surface area contributed by atoms with Crippen molar-refractivity contribution in [3.8, 4) is 0 Å². The average Bonchev–Trinajstić information content (AvgIpc) is 2.94. The van der Waals surface area contributed by atoms with Crippen molar-refractivity contribution in [1.29, 1.82) is 0 Å². The summed E-state index contributed by atoms with van der Waals surface area (Å²) in [6.45, 7) is 12.6. The molecular weight excluding hydrogens is 510 g/mol. The third-order valence-electron chi connectivity index (χ3n) is 7.90. The minimum absolute atomic E-state index is 0.0203. The predicted octanol–water partition coefficient (Wildman–Crippen LogP) is 11.5. The van der Waals surface area contributed by atoms with E-state index in [1.165, 1.54) is 103 Å². The summed E-state index contributed by atoms with van der Waals surface area (Å²) in [4.78, 5) is 17.5. The van der Waals surface area contributed by atoms with Crippen molar-refractivity contribution >= 4 is 12.2 Å². The third kappa shape index (κ3) is 30.2. The van der Waals surface area contributed by atoms with Gasteiger partial charge in [0.15, 0.2) is 0 Å². The van der Waals surface area contributed by atoms with Crippen molar-refractivity contribution in [1.82, 2.24) is 0 Å². The zero-order valence-electron chi connectivity index (χ0n) is 28.3. The summed E-state index contributed by atoms with van der Waals surface area (Å²) in [6.07, 6.45) is 31.0. The van der Waals surface area contributed by atoms with Gasteiger partial charge in [-0.25, -0.2) is 0 Å². The van der Waals surface area contributed by atoms with Gasteiger partial charge in [-0.05, 0) is 84.5 Å². The van der Waals surface area contributed by atoms with Crippen LogP contribution in [0.4, 0.5) is 0 Å². The molecule has 41 heavy (non-hydrogen) atoms. The van der Waals surface area contributed by atoms with Gasteiger partial charge in [0.05, 0.1) is 5.60 Å². The first-order chi connectivity index (χ1) is 19.9. The van der Waals surface area contributed by atoms with Gasteiger partial charge >= 0.3 is 5.97 Å². The molecule has 5 nitrogen and oxygen atoms in total. The van der Waals surface area contributed by atoms with Crippen LogP contribution in [0.5, 0.6) is 0 Å². The molecule has 0 saturated heterocycles. The Labute approximate surface area is 256 Å². The maximum absolute atomic E-state index is 12.2. The highest BCUT2D eigenvalue weighted by Crippen LogP contribution is 2.22. The van der Waals surface area contributed by atoms with E-state index < -0.39 is 0 Å². The lowest BCUT2D eigenvalue weighted by Crippen LogP contribution is -2.25. The topological polar surface area (TPSA) is 57.1 Å². The number of hydrogen-bond acceptors (Lipinski definition) is 5. The lowest BCUT2D eigenvalue weighted by molar-refractivity contribution is -0.149. The van der Waals surface area contributed by atoms with E-state index in [9.17, 15) is 4.79 Å². The summed E-state index contributed by atoms with van der Waals surface area (Å²) in [5.41, 5.74) is -0.0358. The second-order valence-corrected chi connectivity index (χ2v) is 12.7. The Morgan fingerprint density at radius 1 is 0.659 bits per heavy atom. The van der Waals surface area contributed by atoms with Crippen molar-refractivity contribution in [3.05, 3.63) is 0 Å². The normalized spacial score (nSPS) is 12.7. The van der Waals surface area contributed by atoms with Crippen LogP contribution in [0.2, 0.25) is 0 Å². The lowest BCUT2D eigenvalue weighted by Gasteiger charge is -2.25. The van der Waals surface area contributed by atoms with E-state index in [1.807, 2.05) is 13.1 Å². The molecule has 0 amide bonds. The van der Waals surface area contributed by atoms with Gasteiger partial charge in [-0.1, -0.05) is 109 Å². The Balaban J connectivity index is 3.93. The monoisotopic (exact) mass is 582 g/mol. The molecule has 0 aliphatic rings. The number of hydrogen-bond donors (Lipinski definition) is 0. The van der Waals surface area contributed by atoms with E-state index in [4.69, 9.17) is 14.3 Å². The average molecular weight is 582 g/mol. The quantitative estimate of drug-likeness (QED) is 0.0343. The second-order valence-electron chi connectivity index (χ2n) is 12.7. The summed E-state index contributed by atoms with van der Waals surface area (Å²) in [6, 6.07) is 0. The molecule has 0 bridgehead atoms. The van der Waals surface area contributed by atoms with E-state index in [-0.39, 0.29) is 17.7 Å². The summed E-state index contributed by atoms with van der Waals surface area (Å²) >= 11 is 0. The molecule has 5 heteroatoms. The van der Waals surface area contributed by atoms with E-state index in [0.29, 0.717) is 6.42 Å². The SMILES string of the molecule is CCCCCCCO/N=C\CCCCCCCCC(CCCCCC(C)(C)OCCCCCCC)OC(=O)CCC. The minimum Gasteiger partial charge on any atom is -0.462 e. The van der Waals surface area contributed by atoms with E-state index in [0.717, 1.165) is 64.6 Å². The molecular formula is C36H71NO4. The van der Waals surface area contributed by atoms with E-state index in [2.05, 4.69) is 32.9 Å². The Bertz CT molecular complexity index is 578. The second kappa shape index (κ2) is 30.4. The fourth-order valence-corrected chi connectivity index (χ4v) is 5.18. The van der Waals surface area contributed by atoms with Crippen molar-refractivity contribution in [2.24, 2.45) is 5.16 Å². The summed E-state index contributed by atoms with van der Waals surface area (Å²) in [5.74, 6) is -0.0203. The Morgan fingerprint density at radius 3 is 1.83 bits per heavy atom. The third-order valence-corrected chi connectivity index (χ3v) is 7.90. The molecule has 0 spiro atoms. The number of esters is 1. The zero-order valence-corrected chi connectivity index (χ0v) is 28.3. The molecule has 0 aromatic rings. The van der Waals surface area contributed by atoms with Gasteiger partial charge in [-0.2, -0.15) is 0 Å². The van der Waals surface area contributed by atoms with Gasteiger partial charge in [0.1, 0.15) is 12.7 Å². The van der Waals surface area contributed by atoms with Crippen LogP contribution in [0.25, 0.3) is 0 Å². The van der Waals surface area contributed by atoms with Crippen molar-refractivity contribution in [2.75, 3.05) is 13.2 Å². The standard InChI is InChI=1S/C36H71NO4/c1-6-9-11-18-25-32-39-36(4,5)30-23-20-22-29-34(41-35(38)27-8-3)28-21-16-14-13-15-17-24-31-37-40-33-26-19-12-10-7-2/h31,34H,6-30,32-33H2,1-5H3/b37-31-. The molecule has 0 heterocycles. The molecule has 0 aliphatic heterocycles. The van der Waals surface area contributed by atoms with Gasteiger partial charge in [0.25, 0.3) is 0 Å². The van der Waals surface area contributed by atoms with E-state index >= 15 is 0 Å². The molecule has 0 aromatic heterocycles. The predicted molar refractivity (Wildman–Crippen MR) is 177 cm³/mol. The van der Waals surface area contributed by atoms with Crippen LogP contribution in [-0.4, -0.2) is 37.1 Å². The van der Waals surface area contributed by atoms with Crippen LogP contribution in [0.1, 0.15) is 195 Å². The number of nitrogens with zero attached hydrogens (tertiary/aromatic N) is 1. The molecule has 0 aromatic carbocycles. The molecule has 0 radical (unpaired) electrons. The van der Waals surface area contributed by atoms with Crippen LogP contribution >= 0.6 is 0 Å². The first-order valence-electron chi connectivity index (χ1n) is 17.9. The Hall–Kier alpha value is -1.10. The van der Waals surface area contributed by atoms with Crippen molar-refractivity contribution in [2.45, 2.75) is 207 Å². The largest absolute Gasteiger partial charge is 0.462 e. The minimum atomic E-state index is -0.0358. The first kappa shape index (κ1) is 39.9. The molecule has 244 valence electrons. The molecule has 1 unspecified atom stereocenters.